The average molecular weight is 250 g/mol. The molecule has 1 aromatic carbocycles. The summed E-state index contributed by atoms with van der Waals surface area (Å²) in [6.07, 6.45) is 1.79. The minimum absolute atomic E-state index is 0.117. The van der Waals surface area contributed by atoms with Gasteiger partial charge in [-0.05, 0) is 30.3 Å². The van der Waals surface area contributed by atoms with Gasteiger partial charge >= 0.3 is 5.51 Å². The van der Waals surface area contributed by atoms with Gasteiger partial charge < -0.3 is 4.74 Å². The zero-order valence-corrected chi connectivity index (χ0v) is 9.70. The molecule has 0 unspecified atom stereocenters. The number of ether oxygens (including phenoxy) is 1. The lowest BCUT2D eigenvalue weighted by Crippen LogP contribution is -2.02. The molecule has 0 spiro atoms. The van der Waals surface area contributed by atoms with Crippen LogP contribution in [0.3, 0.4) is 0 Å². The van der Waals surface area contributed by atoms with Crippen LogP contribution in [0.4, 0.5) is 13.2 Å². The van der Waals surface area contributed by atoms with E-state index in [0.29, 0.717) is 12.4 Å². The Balaban J connectivity index is 2.68. The first-order chi connectivity index (χ1) is 7.53. The Morgan fingerprint density at radius 2 is 1.94 bits per heavy atom. The fraction of sp³-hybridized carbons (Fsp3) is 0.455. The quantitative estimate of drug-likeness (QED) is 0.563. The Morgan fingerprint density at radius 1 is 1.25 bits per heavy atom. The summed E-state index contributed by atoms with van der Waals surface area (Å²) in [7, 11) is 0. The largest absolute Gasteiger partial charge is 0.492 e. The normalized spacial score (nSPS) is 11.5. The second-order valence-corrected chi connectivity index (χ2v) is 4.30. The second-order valence-electron chi connectivity index (χ2n) is 3.20. The lowest BCUT2D eigenvalue weighted by molar-refractivity contribution is -0.0329. The van der Waals surface area contributed by atoms with E-state index in [9.17, 15) is 13.2 Å². The average Bonchev–Trinajstić information content (AvgIpc) is 2.19. The van der Waals surface area contributed by atoms with Crippen molar-refractivity contribution < 1.29 is 17.9 Å². The van der Waals surface area contributed by atoms with Crippen molar-refractivity contribution >= 4 is 11.8 Å². The molecule has 0 aliphatic carbocycles. The molecule has 1 aromatic rings. The molecule has 0 amide bonds. The number of rotatable bonds is 5. The molecule has 0 fully saturated rings. The maximum atomic E-state index is 12.2. The molecule has 90 valence electrons. The third-order valence-corrected chi connectivity index (χ3v) is 2.62. The summed E-state index contributed by atoms with van der Waals surface area (Å²) in [6.45, 7) is 2.45. The predicted octanol–water partition coefficient (Wildman–Crippen LogP) is 4.48. The van der Waals surface area contributed by atoms with Gasteiger partial charge in [0, 0.05) is 0 Å². The van der Waals surface area contributed by atoms with Crippen LogP contribution in [-0.2, 0) is 0 Å². The van der Waals surface area contributed by atoms with Gasteiger partial charge in [-0.3, -0.25) is 0 Å². The van der Waals surface area contributed by atoms with E-state index < -0.39 is 5.51 Å². The van der Waals surface area contributed by atoms with E-state index in [1.807, 2.05) is 6.92 Å². The molecule has 16 heavy (non-hydrogen) atoms. The fourth-order valence-corrected chi connectivity index (χ4v) is 1.73. The molecule has 1 nitrogen and oxygen atoms in total. The van der Waals surface area contributed by atoms with Crippen LogP contribution in [0.1, 0.15) is 19.8 Å². The molecule has 0 bridgehead atoms. The van der Waals surface area contributed by atoms with Crippen molar-refractivity contribution in [1.82, 2.24) is 0 Å². The van der Waals surface area contributed by atoms with E-state index in [0.717, 1.165) is 12.8 Å². The van der Waals surface area contributed by atoms with E-state index in [1.165, 1.54) is 6.07 Å². The van der Waals surface area contributed by atoms with Gasteiger partial charge in [0.15, 0.2) is 0 Å². The lowest BCUT2D eigenvalue weighted by atomic mass is 10.3. The van der Waals surface area contributed by atoms with E-state index in [2.05, 4.69) is 0 Å². The van der Waals surface area contributed by atoms with Crippen LogP contribution < -0.4 is 4.74 Å². The molecule has 0 atom stereocenters. The standard InChI is InChI=1S/C11H13F3OS/c1-2-3-8-15-9-6-4-5-7-10(9)16-11(12,13)14/h4-7H,2-3,8H2,1H3. The van der Waals surface area contributed by atoms with E-state index in [-0.39, 0.29) is 16.7 Å². The Kier molecular flexibility index (Phi) is 4.99. The third kappa shape index (κ3) is 4.79. The summed E-state index contributed by atoms with van der Waals surface area (Å²) in [6, 6.07) is 6.21. The van der Waals surface area contributed by atoms with Gasteiger partial charge in [0.1, 0.15) is 5.75 Å². The highest BCUT2D eigenvalue weighted by Gasteiger charge is 2.30. The van der Waals surface area contributed by atoms with E-state index in [1.54, 1.807) is 18.2 Å². The van der Waals surface area contributed by atoms with Crippen LogP contribution in [-0.4, -0.2) is 12.1 Å². The molecule has 1 rings (SSSR count). The zero-order chi connectivity index (χ0) is 12.0. The molecule has 0 aliphatic heterocycles. The molecule has 0 N–H and O–H groups in total. The number of hydrogen-bond acceptors (Lipinski definition) is 2. The van der Waals surface area contributed by atoms with Crippen LogP contribution >= 0.6 is 11.8 Å². The number of halogens is 3. The highest BCUT2D eigenvalue weighted by molar-refractivity contribution is 8.00. The number of benzene rings is 1. The van der Waals surface area contributed by atoms with E-state index in [4.69, 9.17) is 4.74 Å². The van der Waals surface area contributed by atoms with Gasteiger partial charge in [-0.15, -0.1) is 0 Å². The Morgan fingerprint density at radius 3 is 2.56 bits per heavy atom. The summed E-state index contributed by atoms with van der Waals surface area (Å²) in [4.78, 5) is 0.117. The Labute approximate surface area is 97.0 Å². The topological polar surface area (TPSA) is 9.23 Å². The van der Waals surface area contributed by atoms with Crippen molar-refractivity contribution in [3.63, 3.8) is 0 Å². The van der Waals surface area contributed by atoms with Crippen molar-refractivity contribution in [1.29, 1.82) is 0 Å². The zero-order valence-electron chi connectivity index (χ0n) is 8.88. The minimum atomic E-state index is -4.27. The summed E-state index contributed by atoms with van der Waals surface area (Å²) in [5.74, 6) is 0.304. The number of thioether (sulfide) groups is 1. The monoisotopic (exact) mass is 250 g/mol. The van der Waals surface area contributed by atoms with Crippen molar-refractivity contribution in [2.45, 2.75) is 30.2 Å². The fourth-order valence-electron chi connectivity index (χ4n) is 1.10. The first-order valence-electron chi connectivity index (χ1n) is 5.00. The maximum absolute atomic E-state index is 12.2. The molecule has 0 aromatic heterocycles. The summed E-state index contributed by atoms with van der Waals surface area (Å²) >= 11 is -0.140. The van der Waals surface area contributed by atoms with Crippen molar-refractivity contribution in [3.8, 4) is 5.75 Å². The van der Waals surface area contributed by atoms with Crippen LogP contribution in [0.5, 0.6) is 5.75 Å². The molecule has 5 heteroatoms. The van der Waals surface area contributed by atoms with Crippen molar-refractivity contribution in [2.75, 3.05) is 6.61 Å². The predicted molar refractivity (Wildman–Crippen MR) is 58.8 cm³/mol. The molecular weight excluding hydrogens is 237 g/mol. The van der Waals surface area contributed by atoms with Crippen LogP contribution in [0, 0.1) is 0 Å². The first kappa shape index (κ1) is 13.2. The highest BCUT2D eigenvalue weighted by atomic mass is 32.2. The van der Waals surface area contributed by atoms with Gasteiger partial charge in [0.05, 0.1) is 11.5 Å². The lowest BCUT2D eigenvalue weighted by Gasteiger charge is -2.11. The van der Waals surface area contributed by atoms with Crippen molar-refractivity contribution in [2.24, 2.45) is 0 Å². The number of alkyl halides is 3. The number of para-hydroxylation sites is 1. The molecule has 0 heterocycles. The molecule has 0 saturated carbocycles. The maximum Gasteiger partial charge on any atom is 0.446 e. The third-order valence-electron chi connectivity index (χ3n) is 1.83. The Bertz CT molecular complexity index is 325. The molecule has 0 radical (unpaired) electrons. The van der Waals surface area contributed by atoms with Crippen molar-refractivity contribution in [3.05, 3.63) is 24.3 Å². The van der Waals surface area contributed by atoms with Gasteiger partial charge in [-0.2, -0.15) is 13.2 Å². The molecule has 0 aliphatic rings. The van der Waals surface area contributed by atoms with Gasteiger partial charge in [0.25, 0.3) is 0 Å². The van der Waals surface area contributed by atoms with E-state index >= 15 is 0 Å². The minimum Gasteiger partial charge on any atom is -0.492 e. The number of hydrogen-bond donors (Lipinski definition) is 0. The second kappa shape index (κ2) is 6.03. The van der Waals surface area contributed by atoms with Crippen LogP contribution in [0.2, 0.25) is 0 Å². The number of unbranched alkanes of at least 4 members (excludes halogenated alkanes) is 1. The molecule has 0 saturated heterocycles. The van der Waals surface area contributed by atoms with Gasteiger partial charge in [0.2, 0.25) is 0 Å². The Hall–Kier alpha value is -0.840. The van der Waals surface area contributed by atoms with Gasteiger partial charge in [-0.1, -0.05) is 25.5 Å². The first-order valence-corrected chi connectivity index (χ1v) is 5.82. The smallest absolute Gasteiger partial charge is 0.446 e. The molecular formula is C11H13F3OS. The van der Waals surface area contributed by atoms with Crippen LogP contribution in [0.25, 0.3) is 0 Å². The highest BCUT2D eigenvalue weighted by Crippen LogP contribution is 2.41. The summed E-state index contributed by atoms with van der Waals surface area (Å²) in [5.41, 5.74) is -4.27. The summed E-state index contributed by atoms with van der Waals surface area (Å²) in [5, 5.41) is 0. The van der Waals surface area contributed by atoms with Crippen LogP contribution in [0.15, 0.2) is 29.2 Å². The summed E-state index contributed by atoms with van der Waals surface area (Å²) < 4.78 is 42.0. The SMILES string of the molecule is CCCCOc1ccccc1SC(F)(F)F. The van der Waals surface area contributed by atoms with Gasteiger partial charge in [-0.25, -0.2) is 0 Å².